The first-order valence-corrected chi connectivity index (χ1v) is 7.07. The smallest absolute Gasteiger partial charge is 0.253 e. The Hall–Kier alpha value is -1.89. The Morgan fingerprint density at radius 3 is 2.90 bits per heavy atom. The van der Waals surface area contributed by atoms with Crippen molar-refractivity contribution in [3.63, 3.8) is 0 Å². The van der Waals surface area contributed by atoms with Crippen molar-refractivity contribution in [3.8, 4) is 0 Å². The first-order chi connectivity index (χ1) is 9.96. The summed E-state index contributed by atoms with van der Waals surface area (Å²) in [5.41, 5.74) is 0.0560. The third-order valence-electron chi connectivity index (χ3n) is 3.85. The van der Waals surface area contributed by atoms with E-state index in [0.717, 1.165) is 5.69 Å². The minimum Gasteiger partial charge on any atom is -0.362 e. The Balaban J connectivity index is 1.93. The third-order valence-corrected chi connectivity index (χ3v) is 3.85. The quantitative estimate of drug-likeness (QED) is 0.828. The lowest BCUT2D eigenvalue weighted by Gasteiger charge is -2.39. The number of aryl methyl sites for hydroxylation is 2. The van der Waals surface area contributed by atoms with E-state index in [0.29, 0.717) is 26.0 Å². The van der Waals surface area contributed by atoms with Crippen LogP contribution in [0.5, 0.6) is 0 Å². The summed E-state index contributed by atoms with van der Waals surface area (Å²) in [6, 6.07) is 1.90. The number of rotatable bonds is 4. The van der Waals surface area contributed by atoms with Gasteiger partial charge in [-0.05, 0) is 19.4 Å². The zero-order valence-electron chi connectivity index (χ0n) is 12.8. The van der Waals surface area contributed by atoms with Crippen LogP contribution < -0.4 is 5.32 Å². The molecule has 1 atom stereocenters. The molecule has 0 saturated carbocycles. The van der Waals surface area contributed by atoms with Gasteiger partial charge in [0.05, 0.1) is 13.2 Å². The van der Waals surface area contributed by atoms with Gasteiger partial charge in [0.25, 0.3) is 5.91 Å². The second-order valence-corrected chi connectivity index (χ2v) is 5.42. The predicted octanol–water partition coefficient (Wildman–Crippen LogP) is -0.284. The van der Waals surface area contributed by atoms with Gasteiger partial charge in [-0.3, -0.25) is 14.3 Å². The molecule has 7 heteroatoms. The molecular formula is C14H22N4O3. The Morgan fingerprint density at radius 2 is 2.29 bits per heavy atom. The Kier molecular flexibility index (Phi) is 4.62. The number of hydrogen-bond acceptors (Lipinski definition) is 4. The molecule has 1 saturated heterocycles. The number of likely N-dealkylation sites (N-methyl/N-ethyl adjacent to an activating group) is 1. The molecule has 0 radical (unpaired) electrons. The molecule has 2 amide bonds. The summed E-state index contributed by atoms with van der Waals surface area (Å²) in [6.45, 7) is 2.90. The van der Waals surface area contributed by atoms with Gasteiger partial charge in [0.15, 0.2) is 5.60 Å². The van der Waals surface area contributed by atoms with E-state index in [9.17, 15) is 9.59 Å². The molecule has 0 unspecified atom stereocenters. The standard InChI is InChI=1S/C14H22N4O3/c1-14(13(20)15-2)10-18(8-9-21-14)12(19)5-4-11-6-7-16-17(11)3/h6-7H,4-5,8-10H2,1-3H3,(H,15,20)/t14-/m1/s1. The molecule has 1 aromatic rings. The highest BCUT2D eigenvalue weighted by Gasteiger charge is 2.39. The second-order valence-electron chi connectivity index (χ2n) is 5.42. The zero-order valence-corrected chi connectivity index (χ0v) is 12.8. The number of amides is 2. The van der Waals surface area contributed by atoms with Gasteiger partial charge in [-0.15, -0.1) is 0 Å². The van der Waals surface area contributed by atoms with E-state index in [2.05, 4.69) is 10.4 Å². The van der Waals surface area contributed by atoms with Crippen LogP contribution in [0.3, 0.4) is 0 Å². The molecule has 2 rings (SSSR count). The van der Waals surface area contributed by atoms with Crippen molar-refractivity contribution in [2.24, 2.45) is 7.05 Å². The van der Waals surface area contributed by atoms with Crippen molar-refractivity contribution < 1.29 is 14.3 Å². The third kappa shape index (κ3) is 3.41. The van der Waals surface area contributed by atoms with Gasteiger partial charge in [-0.2, -0.15) is 5.10 Å². The molecule has 1 fully saturated rings. The number of morpholine rings is 1. The van der Waals surface area contributed by atoms with Gasteiger partial charge < -0.3 is 15.0 Å². The topological polar surface area (TPSA) is 76.5 Å². The van der Waals surface area contributed by atoms with Gasteiger partial charge in [0, 0.05) is 39.0 Å². The first kappa shape index (κ1) is 15.5. The van der Waals surface area contributed by atoms with Crippen molar-refractivity contribution in [1.82, 2.24) is 20.0 Å². The lowest BCUT2D eigenvalue weighted by molar-refractivity contribution is -0.162. The summed E-state index contributed by atoms with van der Waals surface area (Å²) in [5, 5.41) is 6.67. The molecule has 0 aromatic carbocycles. The summed E-state index contributed by atoms with van der Waals surface area (Å²) in [6.07, 6.45) is 2.77. The number of aromatic nitrogens is 2. The van der Waals surface area contributed by atoms with E-state index < -0.39 is 5.60 Å². The molecule has 0 aliphatic carbocycles. The Bertz CT molecular complexity index is 528. The fourth-order valence-electron chi connectivity index (χ4n) is 2.52. The molecule has 0 bridgehead atoms. The molecule has 7 nitrogen and oxygen atoms in total. The maximum absolute atomic E-state index is 12.3. The summed E-state index contributed by atoms with van der Waals surface area (Å²) in [5.74, 6) is -0.165. The fourth-order valence-corrected chi connectivity index (χ4v) is 2.52. The van der Waals surface area contributed by atoms with Crippen LogP contribution in [-0.4, -0.2) is 58.8 Å². The van der Waals surface area contributed by atoms with Gasteiger partial charge >= 0.3 is 0 Å². The van der Waals surface area contributed by atoms with E-state index in [1.165, 1.54) is 0 Å². The molecule has 0 spiro atoms. The highest BCUT2D eigenvalue weighted by Crippen LogP contribution is 2.19. The molecule has 1 aromatic heterocycles. The van der Waals surface area contributed by atoms with Crippen LogP contribution in [-0.2, 0) is 27.8 Å². The number of ether oxygens (including phenoxy) is 1. The van der Waals surface area contributed by atoms with Crippen molar-refractivity contribution >= 4 is 11.8 Å². The lowest BCUT2D eigenvalue weighted by Crippen LogP contribution is -2.58. The molecule has 116 valence electrons. The number of hydrogen-bond donors (Lipinski definition) is 1. The fraction of sp³-hybridized carbons (Fsp3) is 0.643. The molecular weight excluding hydrogens is 272 g/mol. The van der Waals surface area contributed by atoms with Crippen LogP contribution in [0.4, 0.5) is 0 Å². The van der Waals surface area contributed by atoms with Crippen molar-refractivity contribution in [2.75, 3.05) is 26.7 Å². The minimum absolute atomic E-state index is 0.0367. The van der Waals surface area contributed by atoms with E-state index in [1.807, 2.05) is 13.1 Å². The predicted molar refractivity (Wildman–Crippen MR) is 76.5 cm³/mol. The van der Waals surface area contributed by atoms with Gasteiger partial charge in [0.1, 0.15) is 0 Å². The molecule has 1 N–H and O–H groups in total. The second kappa shape index (κ2) is 6.26. The number of nitrogens with one attached hydrogen (secondary N) is 1. The van der Waals surface area contributed by atoms with Crippen LogP contribution in [0.25, 0.3) is 0 Å². The highest BCUT2D eigenvalue weighted by molar-refractivity contribution is 5.86. The summed E-state index contributed by atoms with van der Waals surface area (Å²) in [4.78, 5) is 25.9. The largest absolute Gasteiger partial charge is 0.362 e. The van der Waals surface area contributed by atoms with E-state index in [1.54, 1.807) is 29.7 Å². The van der Waals surface area contributed by atoms with Gasteiger partial charge in [-0.25, -0.2) is 0 Å². The van der Waals surface area contributed by atoms with Crippen LogP contribution in [0.1, 0.15) is 19.0 Å². The van der Waals surface area contributed by atoms with Crippen LogP contribution >= 0.6 is 0 Å². The summed E-state index contributed by atoms with van der Waals surface area (Å²) < 4.78 is 7.31. The number of nitrogens with zero attached hydrogens (tertiary/aromatic N) is 3. The van der Waals surface area contributed by atoms with Crippen LogP contribution in [0.2, 0.25) is 0 Å². The van der Waals surface area contributed by atoms with E-state index >= 15 is 0 Å². The summed E-state index contributed by atoms with van der Waals surface area (Å²) >= 11 is 0. The first-order valence-electron chi connectivity index (χ1n) is 7.07. The monoisotopic (exact) mass is 294 g/mol. The Morgan fingerprint density at radius 1 is 1.52 bits per heavy atom. The van der Waals surface area contributed by atoms with E-state index in [4.69, 9.17) is 4.74 Å². The van der Waals surface area contributed by atoms with E-state index in [-0.39, 0.29) is 18.4 Å². The van der Waals surface area contributed by atoms with Crippen LogP contribution in [0.15, 0.2) is 12.3 Å². The van der Waals surface area contributed by atoms with Crippen molar-refractivity contribution in [2.45, 2.75) is 25.4 Å². The number of carbonyl (C=O) groups is 2. The lowest BCUT2D eigenvalue weighted by atomic mass is 10.0. The maximum atomic E-state index is 12.3. The molecule has 21 heavy (non-hydrogen) atoms. The molecule has 1 aliphatic rings. The molecule has 1 aliphatic heterocycles. The average molecular weight is 294 g/mol. The number of carbonyl (C=O) groups excluding carboxylic acids is 2. The van der Waals surface area contributed by atoms with Gasteiger partial charge in [-0.1, -0.05) is 0 Å². The molecule has 2 heterocycles. The van der Waals surface area contributed by atoms with Gasteiger partial charge in [0.2, 0.25) is 5.91 Å². The Labute approximate surface area is 124 Å². The average Bonchev–Trinajstić information content (AvgIpc) is 2.89. The zero-order chi connectivity index (χ0) is 15.5. The van der Waals surface area contributed by atoms with Crippen LogP contribution in [0, 0.1) is 0 Å². The maximum Gasteiger partial charge on any atom is 0.253 e. The highest BCUT2D eigenvalue weighted by atomic mass is 16.5. The van der Waals surface area contributed by atoms with Crippen molar-refractivity contribution in [3.05, 3.63) is 18.0 Å². The normalized spacial score (nSPS) is 22.1. The summed E-state index contributed by atoms with van der Waals surface area (Å²) in [7, 11) is 3.43. The van der Waals surface area contributed by atoms with Crippen molar-refractivity contribution in [1.29, 1.82) is 0 Å². The SMILES string of the molecule is CNC(=O)[C@@]1(C)CN(C(=O)CCc2ccnn2C)CCO1. The minimum atomic E-state index is -0.963.